The zero-order valence-electron chi connectivity index (χ0n) is 20.9. The van der Waals surface area contributed by atoms with E-state index in [0.29, 0.717) is 12.8 Å². The molecular weight excluding hydrogens is 513 g/mol. The van der Waals surface area contributed by atoms with E-state index in [2.05, 4.69) is 16.0 Å². The van der Waals surface area contributed by atoms with Gasteiger partial charge in [0.05, 0.1) is 6.04 Å². The van der Waals surface area contributed by atoms with Crippen molar-refractivity contribution in [1.29, 1.82) is 0 Å². The molecule has 12 nitrogen and oxygen atoms in total. The van der Waals surface area contributed by atoms with Gasteiger partial charge in [-0.1, -0.05) is 13.8 Å². The van der Waals surface area contributed by atoms with Gasteiger partial charge in [0.25, 0.3) is 5.91 Å². The van der Waals surface area contributed by atoms with E-state index in [9.17, 15) is 24.0 Å². The van der Waals surface area contributed by atoms with Gasteiger partial charge >= 0.3 is 0 Å². The number of likely N-dealkylation sites (tertiary alicyclic amines) is 1. The highest BCUT2D eigenvalue weighted by atomic mass is 35.5. The molecule has 0 aromatic carbocycles. The van der Waals surface area contributed by atoms with Crippen molar-refractivity contribution in [3.63, 3.8) is 0 Å². The largest absolute Gasteiger partial charge is 0.368 e. The molecule has 1 aliphatic rings. The van der Waals surface area contributed by atoms with Crippen LogP contribution < -0.4 is 33.2 Å². The Morgan fingerprint density at radius 2 is 1.69 bits per heavy atom. The van der Waals surface area contributed by atoms with Gasteiger partial charge in [-0.15, -0.1) is 23.2 Å². The summed E-state index contributed by atoms with van der Waals surface area (Å²) in [7, 11) is 0. The van der Waals surface area contributed by atoms with Crippen LogP contribution in [0.15, 0.2) is 0 Å². The number of nitrogens with one attached hydrogen (secondary N) is 3. The van der Waals surface area contributed by atoms with Crippen LogP contribution in [0.3, 0.4) is 0 Å². The van der Waals surface area contributed by atoms with Crippen molar-refractivity contribution in [3.05, 3.63) is 0 Å². The minimum Gasteiger partial charge on any atom is -0.368 e. The topological polar surface area (TPSA) is 203 Å². The van der Waals surface area contributed by atoms with Gasteiger partial charge in [-0.05, 0) is 38.0 Å². The summed E-state index contributed by atoms with van der Waals surface area (Å²) < 4.78 is 0. The Morgan fingerprint density at radius 1 is 1.08 bits per heavy atom. The minimum absolute atomic E-state index is 0.0888. The number of nitrogens with zero attached hydrogens (tertiary/aromatic N) is 1. The predicted molar refractivity (Wildman–Crippen MR) is 137 cm³/mol. The van der Waals surface area contributed by atoms with E-state index < -0.39 is 53.2 Å². The van der Waals surface area contributed by atoms with Gasteiger partial charge in [-0.3, -0.25) is 24.0 Å². The van der Waals surface area contributed by atoms with Gasteiger partial charge in [0.15, 0.2) is 5.54 Å². The van der Waals surface area contributed by atoms with Crippen LogP contribution in [-0.2, 0) is 24.0 Å². The van der Waals surface area contributed by atoms with Crippen LogP contribution >= 0.6 is 23.2 Å². The maximum atomic E-state index is 13.6. The summed E-state index contributed by atoms with van der Waals surface area (Å²) >= 11 is 11.2. The predicted octanol–water partition coefficient (Wildman–Crippen LogP) is -1.49. The number of carbonyl (C=O) groups is 5. The quantitative estimate of drug-likeness (QED) is 0.105. The van der Waals surface area contributed by atoms with Crippen LogP contribution in [0, 0.1) is 5.92 Å². The van der Waals surface area contributed by atoms with Gasteiger partial charge in [-0.2, -0.15) is 0 Å². The molecule has 1 unspecified atom stereocenters. The van der Waals surface area contributed by atoms with E-state index in [1.807, 2.05) is 0 Å². The molecule has 4 atom stereocenters. The fraction of sp³-hybridized carbons (Fsp3) is 0.773. The summed E-state index contributed by atoms with van der Waals surface area (Å²) in [5, 5.41) is 7.72. The number of halogens is 2. The average molecular weight is 553 g/mol. The average Bonchev–Trinajstić information content (AvgIpc) is 3.32. The molecule has 0 spiro atoms. The highest BCUT2D eigenvalue weighted by Gasteiger charge is 2.48. The van der Waals surface area contributed by atoms with Crippen molar-refractivity contribution in [2.24, 2.45) is 23.1 Å². The molecule has 0 aliphatic carbocycles. The maximum absolute atomic E-state index is 13.6. The number of amides is 5. The van der Waals surface area contributed by atoms with Crippen molar-refractivity contribution in [1.82, 2.24) is 20.9 Å². The van der Waals surface area contributed by atoms with E-state index >= 15 is 0 Å². The van der Waals surface area contributed by atoms with Crippen LogP contribution in [0.1, 0.15) is 46.0 Å². The van der Waals surface area contributed by atoms with E-state index in [1.54, 1.807) is 13.8 Å². The number of nitrogens with two attached hydrogens (primary N) is 3. The Morgan fingerprint density at radius 3 is 2.25 bits per heavy atom. The Kier molecular flexibility index (Phi) is 13.4. The molecule has 0 aromatic heterocycles. The smallest absolute Gasteiger partial charge is 0.253 e. The SMILES string of the molecule is CC(C)[C@H](NC(=O)[C@@H]1CCCN1C(=O)[C@@](N)(CCCC(N)C(=O)NCCCl)C(=O)NCCCl)C(N)=O. The molecule has 1 fully saturated rings. The lowest BCUT2D eigenvalue weighted by Crippen LogP contribution is -2.66. The van der Waals surface area contributed by atoms with Gasteiger partial charge in [0, 0.05) is 31.4 Å². The molecule has 1 rings (SSSR count). The van der Waals surface area contributed by atoms with Crippen LogP contribution in [0.5, 0.6) is 0 Å². The monoisotopic (exact) mass is 551 g/mol. The number of carbonyl (C=O) groups excluding carboxylic acids is 5. The lowest BCUT2D eigenvalue weighted by atomic mass is 9.89. The van der Waals surface area contributed by atoms with E-state index in [1.165, 1.54) is 4.90 Å². The van der Waals surface area contributed by atoms with Crippen molar-refractivity contribution in [3.8, 4) is 0 Å². The van der Waals surface area contributed by atoms with Crippen LogP contribution in [0.2, 0.25) is 0 Å². The van der Waals surface area contributed by atoms with Gasteiger partial charge in [0.2, 0.25) is 23.6 Å². The Hall–Kier alpha value is -2.15. The van der Waals surface area contributed by atoms with Crippen molar-refractivity contribution < 1.29 is 24.0 Å². The summed E-state index contributed by atoms with van der Waals surface area (Å²) in [5.74, 6) is -3.00. The third-order valence-electron chi connectivity index (χ3n) is 6.07. The normalized spacial score (nSPS) is 18.8. The molecule has 0 aromatic rings. The van der Waals surface area contributed by atoms with Crippen LogP contribution in [-0.4, -0.2) is 89.5 Å². The second kappa shape index (κ2) is 15.2. The number of hydrogen-bond donors (Lipinski definition) is 6. The van der Waals surface area contributed by atoms with Gasteiger partial charge in [0.1, 0.15) is 12.1 Å². The van der Waals surface area contributed by atoms with Gasteiger partial charge < -0.3 is 38.1 Å². The van der Waals surface area contributed by atoms with Crippen LogP contribution in [0.25, 0.3) is 0 Å². The Bertz CT molecular complexity index is 801. The molecule has 14 heteroatoms. The lowest BCUT2D eigenvalue weighted by molar-refractivity contribution is -0.148. The Labute approximate surface area is 221 Å². The molecule has 1 saturated heterocycles. The molecule has 1 aliphatic heterocycles. The number of rotatable bonds is 15. The highest BCUT2D eigenvalue weighted by Crippen LogP contribution is 2.24. The molecular formula is C22H39Cl2N7O5. The Balaban J connectivity index is 3.03. The molecule has 206 valence electrons. The summed E-state index contributed by atoms with van der Waals surface area (Å²) in [6.07, 6.45) is 1.09. The maximum Gasteiger partial charge on any atom is 0.253 e. The molecule has 0 saturated carbocycles. The first-order valence-electron chi connectivity index (χ1n) is 12.0. The molecule has 0 radical (unpaired) electrons. The summed E-state index contributed by atoms with van der Waals surface area (Å²) in [5.41, 5.74) is 15.7. The summed E-state index contributed by atoms with van der Waals surface area (Å²) in [4.78, 5) is 64.6. The van der Waals surface area contributed by atoms with Crippen molar-refractivity contribution >= 4 is 52.7 Å². The number of primary amides is 1. The zero-order valence-corrected chi connectivity index (χ0v) is 22.4. The molecule has 9 N–H and O–H groups in total. The molecule has 5 amide bonds. The molecule has 36 heavy (non-hydrogen) atoms. The summed E-state index contributed by atoms with van der Waals surface area (Å²) in [6, 6.07) is -2.69. The first-order chi connectivity index (χ1) is 16.9. The zero-order chi connectivity index (χ0) is 27.5. The first-order valence-corrected chi connectivity index (χ1v) is 13.1. The first kappa shape index (κ1) is 31.9. The second-order valence-electron chi connectivity index (χ2n) is 9.18. The third kappa shape index (κ3) is 8.75. The lowest BCUT2D eigenvalue weighted by Gasteiger charge is -2.34. The number of hydrogen-bond acceptors (Lipinski definition) is 7. The van der Waals surface area contributed by atoms with Gasteiger partial charge in [-0.25, -0.2) is 0 Å². The van der Waals surface area contributed by atoms with E-state index in [-0.39, 0.29) is 56.6 Å². The van der Waals surface area contributed by atoms with Crippen molar-refractivity contribution in [2.45, 2.75) is 69.6 Å². The fourth-order valence-corrected chi connectivity index (χ4v) is 4.21. The van der Waals surface area contributed by atoms with Crippen molar-refractivity contribution in [2.75, 3.05) is 31.4 Å². The fourth-order valence-electron chi connectivity index (χ4n) is 4.02. The number of alkyl halides is 2. The summed E-state index contributed by atoms with van der Waals surface area (Å²) in [6.45, 7) is 4.04. The van der Waals surface area contributed by atoms with E-state index in [0.717, 1.165) is 0 Å². The second-order valence-corrected chi connectivity index (χ2v) is 9.94. The highest BCUT2D eigenvalue weighted by molar-refractivity contribution is 6.18. The molecule has 1 heterocycles. The minimum atomic E-state index is -2.01. The van der Waals surface area contributed by atoms with E-state index in [4.69, 9.17) is 40.4 Å². The standard InChI is InChI=1S/C22H39Cl2N7O5/c1-13(2)16(17(26)32)30-19(34)15-6-4-12-31(15)21(36)22(27,20(35)29-11-9-24)7-3-5-14(25)18(33)28-10-8-23/h13-16H,3-12,25,27H2,1-2H3,(H2,26,32)(H,28,33)(H,29,35)(H,30,34)/t14?,15-,16-,22+/m0/s1. The van der Waals surface area contributed by atoms with Crippen LogP contribution in [0.4, 0.5) is 0 Å². The molecule has 0 bridgehead atoms. The third-order valence-corrected chi connectivity index (χ3v) is 6.45.